The zero-order chi connectivity index (χ0) is 15.3. The van der Waals surface area contributed by atoms with Gasteiger partial charge >= 0.3 is 0 Å². The van der Waals surface area contributed by atoms with Crippen LogP contribution in [0, 0.1) is 5.92 Å². The van der Waals surface area contributed by atoms with E-state index in [1.54, 1.807) is 19.2 Å². The zero-order valence-electron chi connectivity index (χ0n) is 12.5. The van der Waals surface area contributed by atoms with Gasteiger partial charge in [-0.3, -0.25) is 0 Å². The van der Waals surface area contributed by atoms with Crippen molar-refractivity contribution in [3.63, 3.8) is 0 Å². The second kappa shape index (κ2) is 7.35. The highest BCUT2D eigenvalue weighted by Crippen LogP contribution is 2.20. The molecule has 1 atom stereocenters. The van der Waals surface area contributed by atoms with Crippen LogP contribution >= 0.6 is 0 Å². The van der Waals surface area contributed by atoms with E-state index >= 15 is 0 Å². The maximum atomic E-state index is 12.5. The molecule has 2 N–H and O–H groups in total. The molecule has 0 spiro atoms. The largest absolute Gasteiger partial charge is 0.381 e. The van der Waals surface area contributed by atoms with Gasteiger partial charge in [0.15, 0.2) is 0 Å². The van der Waals surface area contributed by atoms with Crippen LogP contribution in [0.3, 0.4) is 0 Å². The van der Waals surface area contributed by atoms with Crippen LogP contribution in [-0.2, 0) is 21.2 Å². The number of benzene rings is 1. The van der Waals surface area contributed by atoms with Crippen molar-refractivity contribution in [3.05, 3.63) is 29.8 Å². The Hall–Kier alpha value is -0.950. The van der Waals surface area contributed by atoms with Gasteiger partial charge in [0.1, 0.15) is 0 Å². The molecule has 1 aliphatic heterocycles. The number of nitrogens with zero attached hydrogens (tertiary/aromatic N) is 1. The van der Waals surface area contributed by atoms with Crippen LogP contribution < -0.4 is 5.73 Å². The van der Waals surface area contributed by atoms with E-state index in [9.17, 15) is 8.42 Å². The van der Waals surface area contributed by atoms with Gasteiger partial charge in [-0.25, -0.2) is 12.7 Å². The van der Waals surface area contributed by atoms with Crippen molar-refractivity contribution in [2.45, 2.75) is 24.2 Å². The fraction of sp³-hybridized carbons (Fsp3) is 0.600. The highest BCUT2D eigenvalue weighted by molar-refractivity contribution is 7.89. The molecule has 0 amide bonds. The van der Waals surface area contributed by atoms with E-state index in [1.165, 1.54) is 4.31 Å². The molecule has 0 radical (unpaired) electrons. The van der Waals surface area contributed by atoms with Crippen LogP contribution in [0.5, 0.6) is 0 Å². The van der Waals surface area contributed by atoms with Gasteiger partial charge in [0.25, 0.3) is 0 Å². The summed E-state index contributed by atoms with van der Waals surface area (Å²) in [7, 11) is -1.79. The number of ether oxygens (including phenoxy) is 1. The first kappa shape index (κ1) is 16.4. The Bertz CT molecular complexity index is 537. The van der Waals surface area contributed by atoms with E-state index in [1.807, 2.05) is 12.1 Å². The fourth-order valence-electron chi connectivity index (χ4n) is 2.59. The molecule has 118 valence electrons. The standard InChI is InChI=1S/C15H24N2O3S/c1-17(11-14-3-2-10-20-12-14)21(18,19)15-6-4-13(5-7-15)8-9-16/h4-7,14H,2-3,8-12,16H2,1H3. The predicted molar refractivity (Wildman–Crippen MR) is 82.6 cm³/mol. The molecule has 21 heavy (non-hydrogen) atoms. The summed E-state index contributed by atoms with van der Waals surface area (Å²) in [6.45, 7) is 2.51. The van der Waals surface area contributed by atoms with Crippen molar-refractivity contribution >= 4 is 10.0 Å². The Kier molecular flexibility index (Phi) is 5.75. The van der Waals surface area contributed by atoms with Crippen molar-refractivity contribution in [1.82, 2.24) is 4.31 Å². The predicted octanol–water partition coefficient (Wildman–Crippen LogP) is 1.23. The maximum Gasteiger partial charge on any atom is 0.242 e. The van der Waals surface area contributed by atoms with E-state index in [4.69, 9.17) is 10.5 Å². The Morgan fingerprint density at radius 3 is 2.62 bits per heavy atom. The topological polar surface area (TPSA) is 72.6 Å². The molecule has 5 nitrogen and oxygen atoms in total. The normalized spacial score (nSPS) is 19.9. The molecular weight excluding hydrogens is 288 g/mol. The second-order valence-corrected chi connectivity index (χ2v) is 7.60. The molecule has 0 bridgehead atoms. The van der Waals surface area contributed by atoms with E-state index in [-0.39, 0.29) is 5.92 Å². The first-order valence-corrected chi connectivity index (χ1v) is 8.81. The third kappa shape index (κ3) is 4.26. The Balaban J connectivity index is 2.05. The van der Waals surface area contributed by atoms with Crippen molar-refractivity contribution < 1.29 is 13.2 Å². The minimum Gasteiger partial charge on any atom is -0.381 e. The van der Waals surface area contributed by atoms with Gasteiger partial charge in [-0.05, 0) is 49.4 Å². The fourth-order valence-corrected chi connectivity index (χ4v) is 3.83. The number of nitrogens with two attached hydrogens (primary N) is 1. The summed E-state index contributed by atoms with van der Waals surface area (Å²) in [6, 6.07) is 6.98. The van der Waals surface area contributed by atoms with Crippen LogP contribution in [0.25, 0.3) is 0 Å². The van der Waals surface area contributed by atoms with Gasteiger partial charge in [-0.15, -0.1) is 0 Å². The van der Waals surface area contributed by atoms with Gasteiger partial charge in [0, 0.05) is 20.2 Å². The molecular formula is C15H24N2O3S. The summed E-state index contributed by atoms with van der Waals surface area (Å²) in [5.74, 6) is 0.287. The van der Waals surface area contributed by atoms with E-state index < -0.39 is 10.0 Å². The molecule has 1 aromatic rings. The highest BCUT2D eigenvalue weighted by atomic mass is 32.2. The third-order valence-corrected chi connectivity index (χ3v) is 5.67. The molecule has 1 fully saturated rings. The van der Waals surface area contributed by atoms with E-state index in [2.05, 4.69) is 0 Å². The van der Waals surface area contributed by atoms with Crippen molar-refractivity contribution in [2.75, 3.05) is 33.4 Å². The van der Waals surface area contributed by atoms with Gasteiger partial charge in [-0.2, -0.15) is 0 Å². The first-order chi connectivity index (χ1) is 10.0. The lowest BCUT2D eigenvalue weighted by Crippen LogP contribution is -2.35. The summed E-state index contributed by atoms with van der Waals surface area (Å²) >= 11 is 0. The summed E-state index contributed by atoms with van der Waals surface area (Å²) < 4.78 is 31.9. The number of hydrogen-bond donors (Lipinski definition) is 1. The van der Waals surface area contributed by atoms with Gasteiger partial charge in [-0.1, -0.05) is 12.1 Å². The average Bonchev–Trinajstić information content (AvgIpc) is 2.49. The Morgan fingerprint density at radius 2 is 2.05 bits per heavy atom. The summed E-state index contributed by atoms with van der Waals surface area (Å²) in [5, 5.41) is 0. The van der Waals surface area contributed by atoms with Crippen LogP contribution in [0.1, 0.15) is 18.4 Å². The molecule has 0 saturated carbocycles. The molecule has 2 rings (SSSR count). The lowest BCUT2D eigenvalue weighted by Gasteiger charge is -2.26. The van der Waals surface area contributed by atoms with Crippen molar-refractivity contribution in [2.24, 2.45) is 11.7 Å². The molecule has 0 aromatic heterocycles. The summed E-state index contributed by atoms with van der Waals surface area (Å²) in [4.78, 5) is 0.336. The average molecular weight is 312 g/mol. The quantitative estimate of drug-likeness (QED) is 0.857. The van der Waals surface area contributed by atoms with Crippen LogP contribution in [0.15, 0.2) is 29.2 Å². The number of rotatable bonds is 6. The molecule has 6 heteroatoms. The van der Waals surface area contributed by atoms with Crippen LogP contribution in [0.4, 0.5) is 0 Å². The number of sulfonamides is 1. The van der Waals surface area contributed by atoms with Crippen molar-refractivity contribution in [1.29, 1.82) is 0 Å². The van der Waals surface area contributed by atoms with Crippen molar-refractivity contribution in [3.8, 4) is 0 Å². The Labute approximate surface area is 127 Å². The number of hydrogen-bond acceptors (Lipinski definition) is 4. The van der Waals surface area contributed by atoms with E-state index in [0.717, 1.165) is 31.4 Å². The zero-order valence-corrected chi connectivity index (χ0v) is 13.3. The van der Waals surface area contributed by atoms with Crippen LogP contribution in [-0.4, -0.2) is 46.1 Å². The second-order valence-electron chi connectivity index (χ2n) is 5.55. The van der Waals surface area contributed by atoms with Gasteiger partial charge in [0.05, 0.1) is 11.5 Å². The minimum atomic E-state index is -3.42. The molecule has 1 unspecified atom stereocenters. The van der Waals surface area contributed by atoms with E-state index in [0.29, 0.717) is 24.6 Å². The third-order valence-electron chi connectivity index (χ3n) is 3.83. The summed E-state index contributed by atoms with van der Waals surface area (Å²) in [6.07, 6.45) is 2.79. The minimum absolute atomic E-state index is 0.287. The SMILES string of the molecule is CN(CC1CCCOC1)S(=O)(=O)c1ccc(CCN)cc1. The Morgan fingerprint density at radius 1 is 1.33 bits per heavy atom. The lowest BCUT2D eigenvalue weighted by atomic mass is 10.0. The monoisotopic (exact) mass is 312 g/mol. The summed E-state index contributed by atoms with van der Waals surface area (Å²) in [5.41, 5.74) is 6.55. The van der Waals surface area contributed by atoms with Gasteiger partial charge in [0.2, 0.25) is 10.0 Å². The molecule has 1 aromatic carbocycles. The molecule has 1 heterocycles. The van der Waals surface area contributed by atoms with Gasteiger partial charge < -0.3 is 10.5 Å². The maximum absolute atomic E-state index is 12.5. The smallest absolute Gasteiger partial charge is 0.242 e. The lowest BCUT2D eigenvalue weighted by molar-refractivity contribution is 0.0495. The molecule has 1 saturated heterocycles. The first-order valence-electron chi connectivity index (χ1n) is 7.37. The van der Waals surface area contributed by atoms with Crippen LogP contribution in [0.2, 0.25) is 0 Å². The highest BCUT2D eigenvalue weighted by Gasteiger charge is 2.24. The molecule has 1 aliphatic rings. The molecule has 0 aliphatic carbocycles.